The molecule has 104 valence electrons. The summed E-state index contributed by atoms with van der Waals surface area (Å²) in [5.41, 5.74) is -0.251. The van der Waals surface area contributed by atoms with Crippen LogP contribution in [0.25, 0.3) is 11.0 Å². The van der Waals surface area contributed by atoms with E-state index in [9.17, 15) is 9.50 Å². The number of aliphatic hydroxyl groups excluding tert-OH is 1. The molecule has 2 atom stereocenters. The van der Waals surface area contributed by atoms with E-state index < -0.39 is 17.5 Å². The Balaban J connectivity index is 2.47. The van der Waals surface area contributed by atoms with Crippen LogP contribution in [0.5, 0.6) is 0 Å². The summed E-state index contributed by atoms with van der Waals surface area (Å²) in [6.45, 7) is 3.97. The van der Waals surface area contributed by atoms with Crippen LogP contribution < -0.4 is 0 Å². The fourth-order valence-corrected chi connectivity index (χ4v) is 2.24. The molecule has 2 unspecified atom stereocenters. The molecule has 1 N–H and O–H groups in total. The van der Waals surface area contributed by atoms with Crippen LogP contribution >= 0.6 is 0 Å². The zero-order valence-corrected chi connectivity index (χ0v) is 11.8. The first-order chi connectivity index (χ1) is 8.90. The second-order valence-corrected chi connectivity index (χ2v) is 5.31. The average Bonchev–Trinajstić information content (AvgIpc) is 2.82. The minimum absolute atomic E-state index is 0.203. The molecule has 2 rings (SSSR count). The van der Waals surface area contributed by atoms with E-state index >= 15 is 0 Å². The molecule has 1 heterocycles. The van der Waals surface area contributed by atoms with Gasteiger partial charge in [-0.05, 0) is 39.6 Å². The van der Waals surface area contributed by atoms with Crippen molar-refractivity contribution in [2.75, 3.05) is 14.1 Å². The third kappa shape index (κ3) is 2.26. The predicted molar refractivity (Wildman–Crippen MR) is 73.5 cm³/mol. The highest BCUT2D eigenvalue weighted by molar-refractivity contribution is 5.78. The summed E-state index contributed by atoms with van der Waals surface area (Å²) < 4.78 is 19.1. The predicted octanol–water partition coefficient (Wildman–Crippen LogP) is 3.34. The highest BCUT2D eigenvalue weighted by atomic mass is 19.1. The number of fused-ring (bicyclic) bond motifs is 1. The van der Waals surface area contributed by atoms with Crippen LogP contribution in [0.1, 0.15) is 32.1 Å². The minimum Gasteiger partial charge on any atom is -0.455 e. The lowest BCUT2D eigenvalue weighted by Crippen LogP contribution is -2.46. The van der Waals surface area contributed by atoms with Crippen molar-refractivity contribution in [3.05, 3.63) is 35.8 Å². The van der Waals surface area contributed by atoms with E-state index in [0.29, 0.717) is 11.1 Å². The standard InChI is InChI=1S/C15H20FNO2/c1-5-15(2,17(3)4)14(18)12-9-10-7-6-8-11(16)13(10)19-12/h6-9,14,18H,5H2,1-4H3. The lowest BCUT2D eigenvalue weighted by atomic mass is 9.88. The Morgan fingerprint density at radius 2 is 2.11 bits per heavy atom. The topological polar surface area (TPSA) is 36.6 Å². The van der Waals surface area contributed by atoms with Gasteiger partial charge in [0, 0.05) is 5.39 Å². The summed E-state index contributed by atoms with van der Waals surface area (Å²) in [7, 11) is 3.83. The summed E-state index contributed by atoms with van der Waals surface area (Å²) in [6, 6.07) is 6.47. The van der Waals surface area contributed by atoms with Crippen molar-refractivity contribution in [1.82, 2.24) is 4.90 Å². The van der Waals surface area contributed by atoms with Crippen LogP contribution in [-0.2, 0) is 0 Å². The van der Waals surface area contributed by atoms with Gasteiger partial charge < -0.3 is 14.4 Å². The van der Waals surface area contributed by atoms with Gasteiger partial charge in [0.25, 0.3) is 0 Å². The largest absolute Gasteiger partial charge is 0.455 e. The molecule has 0 bridgehead atoms. The van der Waals surface area contributed by atoms with Crippen LogP contribution in [0, 0.1) is 5.82 Å². The molecule has 3 nitrogen and oxygen atoms in total. The van der Waals surface area contributed by atoms with Crippen molar-refractivity contribution in [2.24, 2.45) is 0 Å². The van der Waals surface area contributed by atoms with Gasteiger partial charge in [0.1, 0.15) is 11.9 Å². The van der Waals surface area contributed by atoms with Gasteiger partial charge in [0.15, 0.2) is 11.4 Å². The highest BCUT2D eigenvalue weighted by Crippen LogP contribution is 2.35. The fourth-order valence-electron chi connectivity index (χ4n) is 2.24. The minimum atomic E-state index is -0.806. The second-order valence-electron chi connectivity index (χ2n) is 5.31. The first-order valence-corrected chi connectivity index (χ1v) is 6.43. The van der Waals surface area contributed by atoms with Crippen molar-refractivity contribution in [1.29, 1.82) is 0 Å². The quantitative estimate of drug-likeness (QED) is 0.921. The van der Waals surface area contributed by atoms with Crippen molar-refractivity contribution in [2.45, 2.75) is 31.9 Å². The highest BCUT2D eigenvalue weighted by Gasteiger charge is 2.36. The monoisotopic (exact) mass is 265 g/mol. The number of hydrogen-bond acceptors (Lipinski definition) is 3. The molecule has 2 aromatic rings. The van der Waals surface area contributed by atoms with Gasteiger partial charge in [0.05, 0.1) is 5.54 Å². The number of aliphatic hydroxyl groups is 1. The Morgan fingerprint density at radius 1 is 1.42 bits per heavy atom. The summed E-state index contributed by atoms with van der Waals surface area (Å²) in [4.78, 5) is 1.96. The normalized spacial score (nSPS) is 16.8. The third-order valence-electron chi connectivity index (χ3n) is 4.11. The van der Waals surface area contributed by atoms with E-state index in [1.165, 1.54) is 6.07 Å². The van der Waals surface area contributed by atoms with Crippen LogP contribution in [0.3, 0.4) is 0 Å². The average molecular weight is 265 g/mol. The van der Waals surface area contributed by atoms with Crippen LogP contribution in [0.15, 0.2) is 28.7 Å². The van der Waals surface area contributed by atoms with Crippen LogP contribution in [0.2, 0.25) is 0 Å². The number of para-hydroxylation sites is 1. The van der Waals surface area contributed by atoms with E-state index in [-0.39, 0.29) is 5.58 Å². The van der Waals surface area contributed by atoms with E-state index in [2.05, 4.69) is 0 Å². The molecule has 0 saturated carbocycles. The van der Waals surface area contributed by atoms with Gasteiger partial charge in [-0.25, -0.2) is 4.39 Å². The molecule has 0 aliphatic rings. The molecule has 0 aliphatic heterocycles. The van der Waals surface area contributed by atoms with Crippen LogP contribution in [0.4, 0.5) is 4.39 Å². The number of rotatable bonds is 4. The maximum absolute atomic E-state index is 13.6. The van der Waals surface area contributed by atoms with Gasteiger partial charge in [-0.2, -0.15) is 0 Å². The number of furan rings is 1. The van der Waals surface area contributed by atoms with E-state index in [0.717, 1.165) is 6.42 Å². The van der Waals surface area contributed by atoms with Crippen LogP contribution in [-0.4, -0.2) is 29.6 Å². The fraction of sp³-hybridized carbons (Fsp3) is 0.467. The molecule has 19 heavy (non-hydrogen) atoms. The molecule has 1 aromatic carbocycles. The van der Waals surface area contributed by atoms with Crippen molar-refractivity contribution >= 4 is 11.0 Å². The molecule has 4 heteroatoms. The molecule has 1 aromatic heterocycles. The lowest BCUT2D eigenvalue weighted by molar-refractivity contribution is -0.0110. The van der Waals surface area contributed by atoms with Gasteiger partial charge in [0.2, 0.25) is 0 Å². The van der Waals surface area contributed by atoms with Gasteiger partial charge >= 0.3 is 0 Å². The van der Waals surface area contributed by atoms with Gasteiger partial charge in [-0.1, -0.05) is 19.1 Å². The number of nitrogens with zero attached hydrogens (tertiary/aromatic N) is 1. The first-order valence-electron chi connectivity index (χ1n) is 6.43. The maximum atomic E-state index is 13.6. The smallest absolute Gasteiger partial charge is 0.170 e. The summed E-state index contributed by atoms with van der Waals surface area (Å²) in [5, 5.41) is 11.2. The van der Waals surface area contributed by atoms with E-state index in [4.69, 9.17) is 4.42 Å². The Bertz CT molecular complexity index is 579. The molecule has 0 radical (unpaired) electrons. The van der Waals surface area contributed by atoms with Crippen molar-refractivity contribution in [3.63, 3.8) is 0 Å². The number of benzene rings is 1. The first kappa shape index (κ1) is 14.0. The van der Waals surface area contributed by atoms with E-state index in [1.807, 2.05) is 32.8 Å². The summed E-state index contributed by atoms with van der Waals surface area (Å²) in [5.74, 6) is -0.00263. The zero-order valence-electron chi connectivity index (χ0n) is 11.8. The molecule has 0 fully saturated rings. The van der Waals surface area contributed by atoms with Gasteiger partial charge in [-0.3, -0.25) is 0 Å². The third-order valence-corrected chi connectivity index (χ3v) is 4.11. The summed E-state index contributed by atoms with van der Waals surface area (Å²) >= 11 is 0. The van der Waals surface area contributed by atoms with Gasteiger partial charge in [-0.15, -0.1) is 0 Å². The lowest BCUT2D eigenvalue weighted by Gasteiger charge is -2.38. The second kappa shape index (κ2) is 4.94. The molecule has 0 spiro atoms. The van der Waals surface area contributed by atoms with Crippen molar-refractivity contribution in [3.8, 4) is 0 Å². The zero-order chi connectivity index (χ0) is 14.2. The number of likely N-dealkylation sites (N-methyl/N-ethyl adjacent to an activating group) is 1. The maximum Gasteiger partial charge on any atom is 0.170 e. The SMILES string of the molecule is CCC(C)(C(O)c1cc2cccc(F)c2o1)N(C)C. The Kier molecular flexibility index (Phi) is 3.65. The molecular weight excluding hydrogens is 245 g/mol. The molecule has 0 amide bonds. The molecule has 0 aliphatic carbocycles. The Labute approximate surface area is 112 Å². The molecule has 0 saturated heterocycles. The summed E-state index contributed by atoms with van der Waals surface area (Å²) in [6.07, 6.45) is -0.0555. The molecular formula is C15H20FNO2. The van der Waals surface area contributed by atoms with E-state index in [1.54, 1.807) is 18.2 Å². The number of hydrogen-bond donors (Lipinski definition) is 1. The number of halogens is 1. The Hall–Kier alpha value is -1.39. The Morgan fingerprint density at radius 3 is 2.63 bits per heavy atom. The van der Waals surface area contributed by atoms with Crippen molar-refractivity contribution < 1.29 is 13.9 Å².